The van der Waals surface area contributed by atoms with Crippen molar-refractivity contribution in [3.8, 4) is 23.0 Å². The number of rotatable bonds is 30. The number of carbonyl (C=O) groups excluding carboxylic acids is 4. The average Bonchev–Trinajstić information content (AvgIpc) is 3.23. The molecule has 0 atom stereocenters. The Bertz CT molecular complexity index is 1700. The van der Waals surface area contributed by atoms with Crippen LogP contribution in [0, 0.1) is 11.6 Å². The molecular weight excluding hydrogens is 750 g/mol. The smallest absolute Gasteiger partial charge is 0.343 e. The third-order valence-electron chi connectivity index (χ3n) is 8.99. The molecule has 0 aliphatic carbocycles. The van der Waals surface area contributed by atoms with Gasteiger partial charge in [0.05, 0.1) is 37.6 Å². The molecule has 0 saturated heterocycles. The quantitative estimate of drug-likeness (QED) is 0.0278. The van der Waals surface area contributed by atoms with Gasteiger partial charge in [-0.25, -0.2) is 28.0 Å². The maximum atomic E-state index is 14.9. The van der Waals surface area contributed by atoms with Crippen LogP contribution in [0.5, 0.6) is 23.0 Å². The average molecular weight is 807 g/mol. The van der Waals surface area contributed by atoms with Crippen LogP contribution in [0.1, 0.15) is 123 Å². The summed E-state index contributed by atoms with van der Waals surface area (Å²) in [5.41, 5.74) is 0.221. The first-order chi connectivity index (χ1) is 28.2. The molecular formula is C46H56F2O10. The molecule has 314 valence electrons. The second kappa shape index (κ2) is 28.0. The van der Waals surface area contributed by atoms with Crippen molar-refractivity contribution in [3.05, 3.63) is 109 Å². The molecule has 10 nitrogen and oxygen atoms in total. The summed E-state index contributed by atoms with van der Waals surface area (Å²) in [5, 5.41) is 0. The highest BCUT2D eigenvalue weighted by Gasteiger charge is 2.20. The first-order valence-corrected chi connectivity index (χ1v) is 20.2. The van der Waals surface area contributed by atoms with Crippen LogP contribution in [-0.4, -0.2) is 50.3 Å². The van der Waals surface area contributed by atoms with Gasteiger partial charge in [0, 0.05) is 24.3 Å². The molecule has 58 heavy (non-hydrogen) atoms. The van der Waals surface area contributed by atoms with E-state index in [0.29, 0.717) is 37.9 Å². The van der Waals surface area contributed by atoms with Crippen molar-refractivity contribution >= 4 is 23.9 Å². The summed E-state index contributed by atoms with van der Waals surface area (Å²) in [5.74, 6) is -5.18. The number of ether oxygens (including phenoxy) is 6. The zero-order valence-electron chi connectivity index (χ0n) is 33.3. The van der Waals surface area contributed by atoms with Gasteiger partial charge >= 0.3 is 23.9 Å². The molecule has 3 aromatic carbocycles. The van der Waals surface area contributed by atoms with E-state index in [1.165, 1.54) is 36.4 Å². The molecule has 0 bridgehead atoms. The van der Waals surface area contributed by atoms with Crippen molar-refractivity contribution < 1.29 is 56.4 Å². The minimum Gasteiger partial charge on any atom is -0.494 e. The van der Waals surface area contributed by atoms with Gasteiger partial charge in [0.25, 0.3) is 0 Å². The van der Waals surface area contributed by atoms with Crippen LogP contribution in [-0.2, 0) is 19.1 Å². The van der Waals surface area contributed by atoms with Gasteiger partial charge in [-0.2, -0.15) is 0 Å². The fourth-order valence-electron chi connectivity index (χ4n) is 5.76. The summed E-state index contributed by atoms with van der Waals surface area (Å²) in [6, 6.07) is 13.8. The number of unbranched alkanes of at least 4 members (excludes halogenated alkanes) is 14. The summed E-state index contributed by atoms with van der Waals surface area (Å²) in [4.78, 5) is 47.4. The highest BCUT2D eigenvalue weighted by molar-refractivity contribution is 5.92. The van der Waals surface area contributed by atoms with E-state index >= 15 is 0 Å². The van der Waals surface area contributed by atoms with Gasteiger partial charge in [-0.05, 0) is 74.2 Å². The van der Waals surface area contributed by atoms with Crippen LogP contribution in [0.4, 0.5) is 8.78 Å². The molecule has 3 aromatic rings. The first-order valence-electron chi connectivity index (χ1n) is 20.2. The Labute approximate surface area is 340 Å². The lowest BCUT2D eigenvalue weighted by atomic mass is 10.1. The number of hydrogen-bond donors (Lipinski definition) is 0. The largest absolute Gasteiger partial charge is 0.494 e. The molecule has 0 N–H and O–H groups in total. The number of carbonyl (C=O) groups is 4. The normalized spacial score (nSPS) is 10.7. The minimum absolute atomic E-state index is 0.0679. The summed E-state index contributed by atoms with van der Waals surface area (Å²) < 4.78 is 61.4. The summed E-state index contributed by atoms with van der Waals surface area (Å²) in [7, 11) is 0. The van der Waals surface area contributed by atoms with Crippen molar-refractivity contribution in [1.29, 1.82) is 0 Å². The Morgan fingerprint density at radius 3 is 1.14 bits per heavy atom. The van der Waals surface area contributed by atoms with E-state index < -0.39 is 35.1 Å². The Morgan fingerprint density at radius 1 is 0.448 bits per heavy atom. The molecule has 0 aliphatic heterocycles. The summed E-state index contributed by atoms with van der Waals surface area (Å²) in [6.45, 7) is 8.63. The van der Waals surface area contributed by atoms with E-state index in [2.05, 4.69) is 13.2 Å². The maximum absolute atomic E-state index is 14.9. The molecule has 0 spiro atoms. The molecule has 0 amide bonds. The number of halogens is 2. The van der Waals surface area contributed by atoms with Crippen molar-refractivity contribution in [2.24, 2.45) is 0 Å². The monoisotopic (exact) mass is 806 g/mol. The predicted octanol–water partition coefficient (Wildman–Crippen LogP) is 10.9. The molecule has 0 unspecified atom stereocenters. The molecule has 0 radical (unpaired) electrons. The van der Waals surface area contributed by atoms with Crippen molar-refractivity contribution in [1.82, 2.24) is 0 Å². The van der Waals surface area contributed by atoms with Crippen LogP contribution in [0.2, 0.25) is 0 Å². The Kier molecular flexibility index (Phi) is 22.6. The predicted molar refractivity (Wildman–Crippen MR) is 216 cm³/mol. The van der Waals surface area contributed by atoms with E-state index in [9.17, 15) is 28.0 Å². The highest BCUT2D eigenvalue weighted by Crippen LogP contribution is 2.29. The van der Waals surface area contributed by atoms with Gasteiger partial charge in [-0.1, -0.05) is 90.2 Å². The third-order valence-corrected chi connectivity index (χ3v) is 8.99. The Hall–Kier alpha value is -5.52. The fourth-order valence-corrected chi connectivity index (χ4v) is 5.76. The third kappa shape index (κ3) is 19.1. The zero-order valence-corrected chi connectivity index (χ0v) is 33.3. The van der Waals surface area contributed by atoms with Crippen LogP contribution in [0.25, 0.3) is 0 Å². The molecule has 0 fully saturated rings. The fraction of sp³-hybridized carbons (Fsp3) is 0.435. The van der Waals surface area contributed by atoms with Gasteiger partial charge in [0.2, 0.25) is 5.75 Å². The second-order valence-corrected chi connectivity index (χ2v) is 13.6. The molecule has 0 heterocycles. The summed E-state index contributed by atoms with van der Waals surface area (Å²) >= 11 is 0. The lowest BCUT2D eigenvalue weighted by Crippen LogP contribution is -2.12. The maximum Gasteiger partial charge on any atom is 0.343 e. The zero-order chi connectivity index (χ0) is 41.8. The lowest BCUT2D eigenvalue weighted by molar-refractivity contribution is -0.138. The SMILES string of the molecule is C=CC(=O)OCCCCCCCCCCOc1ccc(C(=O)Oc2cc(F)c(OC(=O)c3ccc(OCCCCCCCCCCOC(=O)C=C)cc3)c(F)c2)cc1. The van der Waals surface area contributed by atoms with Gasteiger partial charge < -0.3 is 28.4 Å². The van der Waals surface area contributed by atoms with Crippen molar-refractivity contribution in [2.75, 3.05) is 26.4 Å². The van der Waals surface area contributed by atoms with Crippen molar-refractivity contribution in [2.45, 2.75) is 103 Å². The molecule has 3 rings (SSSR count). The number of esters is 4. The molecule has 0 aliphatic rings. The van der Waals surface area contributed by atoms with E-state index in [-0.39, 0.29) is 23.1 Å². The molecule has 0 aromatic heterocycles. The lowest BCUT2D eigenvalue weighted by Gasteiger charge is -2.11. The number of hydrogen-bond acceptors (Lipinski definition) is 10. The van der Waals surface area contributed by atoms with E-state index in [0.717, 1.165) is 115 Å². The standard InChI is InChI=1S/C46H56F2O10/c1-3-42(49)55-31-19-15-11-7-5-9-13-17-29-53-37-25-21-35(22-26-37)45(51)57-39-33-40(47)44(41(48)34-39)58-46(52)36-23-27-38(28-24-36)54-30-18-14-10-6-8-12-16-20-32-56-43(50)4-2/h3-4,21-28,33-34H,1-2,5-20,29-32H2. The topological polar surface area (TPSA) is 124 Å². The molecule has 12 heteroatoms. The van der Waals surface area contributed by atoms with Gasteiger partial charge in [0.15, 0.2) is 11.6 Å². The van der Waals surface area contributed by atoms with Gasteiger partial charge in [-0.3, -0.25) is 0 Å². The summed E-state index contributed by atoms with van der Waals surface area (Å²) in [6.07, 6.45) is 18.8. The second-order valence-electron chi connectivity index (χ2n) is 13.6. The minimum atomic E-state index is -1.21. The Balaban J connectivity index is 1.29. The molecule has 0 saturated carbocycles. The van der Waals surface area contributed by atoms with E-state index in [1.54, 1.807) is 24.3 Å². The van der Waals surface area contributed by atoms with Gasteiger partial charge in [0.1, 0.15) is 17.2 Å². The Morgan fingerprint density at radius 2 is 0.776 bits per heavy atom. The number of benzene rings is 3. The van der Waals surface area contributed by atoms with E-state index in [1.807, 2.05) is 0 Å². The van der Waals surface area contributed by atoms with Crippen LogP contribution < -0.4 is 18.9 Å². The van der Waals surface area contributed by atoms with E-state index in [4.69, 9.17) is 28.4 Å². The first kappa shape index (κ1) is 46.9. The van der Waals surface area contributed by atoms with Crippen LogP contribution in [0.15, 0.2) is 86.0 Å². The van der Waals surface area contributed by atoms with Crippen LogP contribution in [0.3, 0.4) is 0 Å². The van der Waals surface area contributed by atoms with Gasteiger partial charge in [-0.15, -0.1) is 0 Å². The van der Waals surface area contributed by atoms with Crippen molar-refractivity contribution in [3.63, 3.8) is 0 Å². The van der Waals surface area contributed by atoms with Crippen LogP contribution >= 0.6 is 0 Å². The highest BCUT2D eigenvalue weighted by atomic mass is 19.1.